The molecule has 0 aromatic heterocycles. The van der Waals surface area contributed by atoms with Gasteiger partial charge in [-0.2, -0.15) is 0 Å². The lowest BCUT2D eigenvalue weighted by Crippen LogP contribution is -2.20. The van der Waals surface area contributed by atoms with Crippen molar-refractivity contribution in [3.05, 3.63) is 83.2 Å². The summed E-state index contributed by atoms with van der Waals surface area (Å²) in [6, 6.07) is 18.4. The molecule has 0 fully saturated rings. The molecule has 0 saturated heterocycles. The summed E-state index contributed by atoms with van der Waals surface area (Å²) in [6.45, 7) is 3.41. The van der Waals surface area contributed by atoms with Crippen LogP contribution in [0.1, 0.15) is 27.9 Å². The summed E-state index contributed by atoms with van der Waals surface area (Å²) in [5.74, 6) is 1.22. The second kappa shape index (κ2) is 7.92. The van der Waals surface area contributed by atoms with Gasteiger partial charge in [0, 0.05) is 31.6 Å². The summed E-state index contributed by atoms with van der Waals surface area (Å²) in [6.07, 6.45) is 0.457. The number of rotatable bonds is 5. The maximum Gasteiger partial charge on any atom is 0.164 e. The SMILES string of the molecule is O=C(CCN1Cc2ccc(-c3ccc(F)cc3)cc2C1)c1ccc2c(c1)OCCO2. The van der Waals surface area contributed by atoms with Crippen molar-refractivity contribution in [2.45, 2.75) is 19.5 Å². The lowest BCUT2D eigenvalue weighted by atomic mass is 10.0. The van der Waals surface area contributed by atoms with Crippen LogP contribution >= 0.6 is 0 Å². The van der Waals surface area contributed by atoms with Gasteiger partial charge in [0.05, 0.1) is 0 Å². The first kappa shape index (κ1) is 18.8. The minimum absolute atomic E-state index is 0.106. The lowest BCUT2D eigenvalue weighted by molar-refractivity contribution is 0.0962. The molecule has 2 aliphatic heterocycles. The summed E-state index contributed by atoms with van der Waals surface area (Å²) < 4.78 is 24.3. The van der Waals surface area contributed by atoms with Crippen molar-refractivity contribution in [1.29, 1.82) is 0 Å². The Kier molecular flexibility index (Phi) is 4.97. The maximum absolute atomic E-state index is 13.2. The molecule has 0 aliphatic carbocycles. The molecule has 0 atom stereocenters. The van der Waals surface area contributed by atoms with Gasteiger partial charge in [0.1, 0.15) is 19.0 Å². The van der Waals surface area contributed by atoms with Crippen LogP contribution < -0.4 is 9.47 Å². The van der Waals surface area contributed by atoms with E-state index in [0.717, 1.165) is 24.2 Å². The molecule has 0 radical (unpaired) electrons. The van der Waals surface area contributed by atoms with E-state index in [1.165, 1.54) is 23.3 Å². The zero-order chi connectivity index (χ0) is 20.5. The number of ketones is 1. The van der Waals surface area contributed by atoms with E-state index >= 15 is 0 Å². The smallest absolute Gasteiger partial charge is 0.164 e. The monoisotopic (exact) mass is 403 g/mol. The zero-order valence-corrected chi connectivity index (χ0v) is 16.6. The molecule has 4 nitrogen and oxygen atoms in total. The van der Waals surface area contributed by atoms with Crippen LogP contribution in [0.2, 0.25) is 0 Å². The maximum atomic E-state index is 13.2. The molecule has 5 rings (SSSR count). The average molecular weight is 403 g/mol. The zero-order valence-electron chi connectivity index (χ0n) is 16.6. The number of benzene rings is 3. The summed E-state index contributed by atoms with van der Waals surface area (Å²) >= 11 is 0. The molecule has 3 aromatic carbocycles. The van der Waals surface area contributed by atoms with Gasteiger partial charge in [-0.05, 0) is 58.7 Å². The van der Waals surface area contributed by atoms with E-state index < -0.39 is 0 Å². The van der Waals surface area contributed by atoms with Crippen molar-refractivity contribution in [3.63, 3.8) is 0 Å². The van der Waals surface area contributed by atoms with E-state index in [1.54, 1.807) is 18.2 Å². The first-order chi connectivity index (χ1) is 14.7. The van der Waals surface area contributed by atoms with E-state index in [-0.39, 0.29) is 11.6 Å². The number of halogens is 1. The molecule has 30 heavy (non-hydrogen) atoms. The number of nitrogens with zero attached hydrogens (tertiary/aromatic N) is 1. The van der Waals surface area contributed by atoms with Gasteiger partial charge in [-0.3, -0.25) is 9.69 Å². The predicted molar refractivity (Wildman–Crippen MR) is 112 cm³/mol. The highest BCUT2D eigenvalue weighted by Gasteiger charge is 2.21. The molecular weight excluding hydrogens is 381 g/mol. The molecule has 0 amide bonds. The van der Waals surface area contributed by atoms with Crippen LogP contribution in [0.15, 0.2) is 60.7 Å². The Bertz CT molecular complexity index is 1090. The molecule has 0 N–H and O–H groups in total. The number of Topliss-reactive ketones (excluding diaryl/α,β-unsaturated/α-hetero) is 1. The van der Waals surface area contributed by atoms with E-state index in [0.29, 0.717) is 43.2 Å². The van der Waals surface area contributed by atoms with Gasteiger partial charge in [0.2, 0.25) is 0 Å². The first-order valence-corrected chi connectivity index (χ1v) is 10.2. The van der Waals surface area contributed by atoms with Crippen molar-refractivity contribution < 1.29 is 18.7 Å². The minimum Gasteiger partial charge on any atom is -0.486 e. The fourth-order valence-electron chi connectivity index (χ4n) is 4.07. The van der Waals surface area contributed by atoms with Gasteiger partial charge in [-0.15, -0.1) is 0 Å². The van der Waals surface area contributed by atoms with Gasteiger partial charge >= 0.3 is 0 Å². The van der Waals surface area contributed by atoms with Crippen molar-refractivity contribution in [3.8, 4) is 22.6 Å². The molecule has 5 heteroatoms. The topological polar surface area (TPSA) is 38.8 Å². The average Bonchev–Trinajstić information content (AvgIpc) is 3.20. The molecule has 152 valence electrons. The highest BCUT2D eigenvalue weighted by molar-refractivity contribution is 5.96. The number of hydrogen-bond donors (Lipinski definition) is 0. The van der Waals surface area contributed by atoms with Gasteiger partial charge in [0.25, 0.3) is 0 Å². The normalized spacial score (nSPS) is 15.1. The Labute approximate surface area is 174 Å². The molecular formula is C25H22FNO3. The third-order valence-corrected chi connectivity index (χ3v) is 5.69. The molecule has 2 heterocycles. The van der Waals surface area contributed by atoms with Crippen LogP contribution in [0.4, 0.5) is 4.39 Å². The van der Waals surface area contributed by atoms with E-state index in [2.05, 4.69) is 23.1 Å². The quantitative estimate of drug-likeness (QED) is 0.571. The van der Waals surface area contributed by atoms with Gasteiger partial charge in [0.15, 0.2) is 17.3 Å². The summed E-state index contributed by atoms with van der Waals surface area (Å²) in [5, 5.41) is 0. The van der Waals surface area contributed by atoms with Crippen molar-refractivity contribution in [1.82, 2.24) is 4.90 Å². The van der Waals surface area contributed by atoms with E-state index in [1.807, 2.05) is 12.1 Å². The Balaban J connectivity index is 1.22. The molecule has 0 unspecified atom stereocenters. The molecule has 2 aliphatic rings. The molecule has 3 aromatic rings. The molecule has 0 bridgehead atoms. The van der Waals surface area contributed by atoms with E-state index in [4.69, 9.17) is 9.47 Å². The molecule has 0 saturated carbocycles. The van der Waals surface area contributed by atoms with Gasteiger partial charge < -0.3 is 9.47 Å². The number of ether oxygens (including phenoxy) is 2. The highest BCUT2D eigenvalue weighted by Crippen LogP contribution is 2.32. The molecule has 0 spiro atoms. The van der Waals surface area contributed by atoms with Crippen molar-refractivity contribution in [2.24, 2.45) is 0 Å². The Hall–Kier alpha value is -3.18. The van der Waals surface area contributed by atoms with Crippen molar-refractivity contribution in [2.75, 3.05) is 19.8 Å². The number of hydrogen-bond acceptors (Lipinski definition) is 4. The first-order valence-electron chi connectivity index (χ1n) is 10.2. The van der Waals surface area contributed by atoms with Crippen molar-refractivity contribution >= 4 is 5.78 Å². The Morgan fingerprint density at radius 2 is 1.57 bits per heavy atom. The highest BCUT2D eigenvalue weighted by atomic mass is 19.1. The van der Waals surface area contributed by atoms with Crippen LogP contribution in [0, 0.1) is 5.82 Å². The van der Waals surface area contributed by atoms with Gasteiger partial charge in [-0.25, -0.2) is 4.39 Å². The fraction of sp³-hybridized carbons (Fsp3) is 0.240. The standard InChI is InChI=1S/C25H22FNO3/c26-22-6-3-17(4-7-22)18-1-2-20-15-27(16-21(20)13-18)10-9-23(28)19-5-8-24-25(14-19)30-12-11-29-24/h1-8,13-14H,9-12,15-16H2. The summed E-state index contributed by atoms with van der Waals surface area (Å²) in [4.78, 5) is 15.0. The largest absolute Gasteiger partial charge is 0.486 e. The number of carbonyl (C=O) groups is 1. The number of carbonyl (C=O) groups excluding carboxylic acids is 1. The third kappa shape index (κ3) is 3.81. The minimum atomic E-state index is -0.228. The second-order valence-corrected chi connectivity index (χ2v) is 7.73. The van der Waals surface area contributed by atoms with Crippen LogP contribution in [-0.4, -0.2) is 30.4 Å². The summed E-state index contributed by atoms with van der Waals surface area (Å²) in [5.41, 5.74) is 5.31. The lowest BCUT2D eigenvalue weighted by Gasteiger charge is -2.19. The van der Waals surface area contributed by atoms with Gasteiger partial charge in [-0.1, -0.05) is 24.3 Å². The van der Waals surface area contributed by atoms with Crippen LogP contribution in [0.3, 0.4) is 0 Å². The van der Waals surface area contributed by atoms with Crippen LogP contribution in [0.25, 0.3) is 11.1 Å². The van der Waals surface area contributed by atoms with E-state index in [9.17, 15) is 9.18 Å². The Morgan fingerprint density at radius 1 is 0.833 bits per heavy atom. The Morgan fingerprint density at radius 3 is 2.40 bits per heavy atom. The van der Waals surface area contributed by atoms with Crippen LogP contribution in [0.5, 0.6) is 11.5 Å². The fourth-order valence-corrected chi connectivity index (χ4v) is 4.07. The second-order valence-electron chi connectivity index (χ2n) is 7.73. The summed E-state index contributed by atoms with van der Waals surface area (Å²) in [7, 11) is 0. The third-order valence-electron chi connectivity index (χ3n) is 5.69. The predicted octanol–water partition coefficient (Wildman–Crippen LogP) is 4.85. The van der Waals surface area contributed by atoms with Crippen LogP contribution in [-0.2, 0) is 13.1 Å². The number of fused-ring (bicyclic) bond motifs is 2.